The summed E-state index contributed by atoms with van der Waals surface area (Å²) in [5, 5.41) is 9.97. The molecule has 0 aliphatic heterocycles. The van der Waals surface area contributed by atoms with Gasteiger partial charge in [0.15, 0.2) is 5.78 Å². The zero-order valence-electron chi connectivity index (χ0n) is 10.2. The van der Waals surface area contributed by atoms with E-state index in [2.05, 4.69) is 6.58 Å². The maximum absolute atomic E-state index is 12.8. The van der Waals surface area contributed by atoms with E-state index in [0.29, 0.717) is 11.1 Å². The van der Waals surface area contributed by atoms with Crippen molar-refractivity contribution in [1.29, 1.82) is 0 Å². The predicted molar refractivity (Wildman–Crippen MR) is 72.2 cm³/mol. The van der Waals surface area contributed by atoms with Crippen molar-refractivity contribution in [3.63, 3.8) is 0 Å². The molecular weight excluding hydrogens is 243 g/mol. The second-order valence-corrected chi connectivity index (χ2v) is 4.14. The SMILES string of the molecule is C=Cc1ccc(C(=O)C(O)c2ccc(F)cc2)cc1. The van der Waals surface area contributed by atoms with Gasteiger partial charge in [-0.05, 0) is 23.3 Å². The van der Waals surface area contributed by atoms with Gasteiger partial charge in [0.25, 0.3) is 0 Å². The fourth-order valence-electron chi connectivity index (χ4n) is 1.74. The molecule has 0 amide bonds. The highest BCUT2D eigenvalue weighted by atomic mass is 19.1. The summed E-state index contributed by atoms with van der Waals surface area (Å²) < 4.78 is 12.8. The van der Waals surface area contributed by atoms with Gasteiger partial charge in [-0.2, -0.15) is 0 Å². The predicted octanol–water partition coefficient (Wildman–Crippen LogP) is 3.39. The van der Waals surface area contributed by atoms with Gasteiger partial charge in [0.2, 0.25) is 0 Å². The van der Waals surface area contributed by atoms with Gasteiger partial charge < -0.3 is 5.11 Å². The third-order valence-electron chi connectivity index (χ3n) is 2.86. The van der Waals surface area contributed by atoms with E-state index in [0.717, 1.165) is 5.56 Å². The van der Waals surface area contributed by atoms with Gasteiger partial charge in [0, 0.05) is 5.56 Å². The third-order valence-corrected chi connectivity index (χ3v) is 2.86. The van der Waals surface area contributed by atoms with Crippen LogP contribution in [0.3, 0.4) is 0 Å². The number of halogens is 1. The molecule has 0 spiro atoms. The van der Waals surface area contributed by atoms with Crippen LogP contribution in [0.25, 0.3) is 6.08 Å². The number of benzene rings is 2. The van der Waals surface area contributed by atoms with Gasteiger partial charge in [0.1, 0.15) is 11.9 Å². The van der Waals surface area contributed by atoms with Crippen LogP contribution in [0, 0.1) is 5.82 Å². The fraction of sp³-hybridized carbons (Fsp3) is 0.0625. The van der Waals surface area contributed by atoms with Gasteiger partial charge in [-0.3, -0.25) is 4.79 Å². The average Bonchev–Trinajstić information content (AvgIpc) is 2.46. The first-order valence-corrected chi connectivity index (χ1v) is 5.82. The van der Waals surface area contributed by atoms with Gasteiger partial charge >= 0.3 is 0 Å². The minimum atomic E-state index is -1.28. The van der Waals surface area contributed by atoms with Crippen molar-refractivity contribution >= 4 is 11.9 Å². The Balaban J connectivity index is 2.22. The number of hydrogen-bond acceptors (Lipinski definition) is 2. The Labute approximate surface area is 110 Å². The first-order chi connectivity index (χ1) is 9.11. The molecule has 3 heteroatoms. The molecule has 0 aliphatic carbocycles. The molecule has 19 heavy (non-hydrogen) atoms. The molecule has 2 rings (SSSR count). The highest BCUT2D eigenvalue weighted by Crippen LogP contribution is 2.19. The number of aliphatic hydroxyl groups is 1. The lowest BCUT2D eigenvalue weighted by molar-refractivity contribution is 0.0747. The molecule has 2 aromatic rings. The van der Waals surface area contributed by atoms with Gasteiger partial charge in [-0.25, -0.2) is 4.39 Å². The normalized spacial score (nSPS) is 11.9. The lowest BCUT2D eigenvalue weighted by Crippen LogP contribution is -2.12. The number of rotatable bonds is 4. The van der Waals surface area contributed by atoms with E-state index in [4.69, 9.17) is 0 Å². The van der Waals surface area contributed by atoms with E-state index >= 15 is 0 Å². The quantitative estimate of drug-likeness (QED) is 0.851. The Morgan fingerprint density at radius 1 is 1.11 bits per heavy atom. The van der Waals surface area contributed by atoms with Crippen LogP contribution in [0.15, 0.2) is 55.1 Å². The lowest BCUT2D eigenvalue weighted by atomic mass is 9.99. The molecule has 1 N–H and O–H groups in total. The smallest absolute Gasteiger partial charge is 0.195 e. The number of hydrogen-bond donors (Lipinski definition) is 1. The first kappa shape index (κ1) is 13.2. The first-order valence-electron chi connectivity index (χ1n) is 5.82. The van der Waals surface area contributed by atoms with Crippen LogP contribution in [-0.4, -0.2) is 10.9 Å². The summed E-state index contributed by atoms with van der Waals surface area (Å²) in [4.78, 5) is 12.1. The van der Waals surface area contributed by atoms with E-state index in [1.54, 1.807) is 30.3 Å². The van der Waals surface area contributed by atoms with Crippen LogP contribution < -0.4 is 0 Å². The maximum atomic E-state index is 12.8. The van der Waals surface area contributed by atoms with Crippen molar-refractivity contribution in [2.75, 3.05) is 0 Å². The van der Waals surface area contributed by atoms with Gasteiger partial charge in [-0.1, -0.05) is 49.1 Å². The van der Waals surface area contributed by atoms with Crippen LogP contribution in [0.2, 0.25) is 0 Å². The third kappa shape index (κ3) is 2.95. The molecule has 0 saturated heterocycles. The standard InChI is InChI=1S/C16H13FO2/c1-2-11-3-5-12(6-4-11)15(18)16(19)13-7-9-14(17)10-8-13/h2-10,16,19H,1H2. The van der Waals surface area contributed by atoms with E-state index < -0.39 is 17.7 Å². The van der Waals surface area contributed by atoms with E-state index in [9.17, 15) is 14.3 Å². The van der Waals surface area contributed by atoms with Crippen molar-refractivity contribution in [3.05, 3.63) is 77.6 Å². The largest absolute Gasteiger partial charge is 0.380 e. The number of carbonyl (C=O) groups is 1. The second-order valence-electron chi connectivity index (χ2n) is 4.14. The van der Waals surface area contributed by atoms with E-state index in [-0.39, 0.29) is 0 Å². The number of Topliss-reactive ketones (excluding diaryl/α,β-unsaturated/α-hetero) is 1. The molecule has 0 heterocycles. The molecule has 96 valence electrons. The Kier molecular flexibility index (Phi) is 3.88. The topological polar surface area (TPSA) is 37.3 Å². The minimum absolute atomic E-state index is 0.374. The van der Waals surface area contributed by atoms with Gasteiger partial charge in [-0.15, -0.1) is 0 Å². The van der Waals surface area contributed by atoms with Crippen LogP contribution in [0.1, 0.15) is 27.6 Å². The lowest BCUT2D eigenvalue weighted by Gasteiger charge is -2.10. The molecule has 0 aliphatic rings. The Morgan fingerprint density at radius 3 is 2.21 bits per heavy atom. The average molecular weight is 256 g/mol. The van der Waals surface area contributed by atoms with Crippen molar-refractivity contribution in [1.82, 2.24) is 0 Å². The van der Waals surface area contributed by atoms with E-state index in [1.807, 2.05) is 0 Å². The van der Waals surface area contributed by atoms with Crippen LogP contribution in [-0.2, 0) is 0 Å². The van der Waals surface area contributed by atoms with Crippen molar-refractivity contribution in [2.24, 2.45) is 0 Å². The Hall–Kier alpha value is -2.26. The Morgan fingerprint density at radius 2 is 1.68 bits per heavy atom. The summed E-state index contributed by atoms with van der Waals surface area (Å²) in [7, 11) is 0. The highest BCUT2D eigenvalue weighted by Gasteiger charge is 2.18. The zero-order valence-corrected chi connectivity index (χ0v) is 10.2. The van der Waals surface area contributed by atoms with Crippen LogP contribution in [0.5, 0.6) is 0 Å². The summed E-state index contributed by atoms with van der Waals surface area (Å²) in [6, 6.07) is 12.0. The van der Waals surface area contributed by atoms with Crippen molar-refractivity contribution in [3.8, 4) is 0 Å². The van der Waals surface area contributed by atoms with Crippen LogP contribution in [0.4, 0.5) is 4.39 Å². The van der Waals surface area contributed by atoms with E-state index in [1.165, 1.54) is 24.3 Å². The number of ketones is 1. The summed E-state index contributed by atoms with van der Waals surface area (Å²) in [6.07, 6.45) is 0.389. The molecule has 0 fully saturated rings. The number of carbonyl (C=O) groups excluding carboxylic acids is 1. The molecule has 1 unspecified atom stereocenters. The monoisotopic (exact) mass is 256 g/mol. The molecule has 0 aromatic heterocycles. The van der Waals surface area contributed by atoms with Gasteiger partial charge in [0.05, 0.1) is 0 Å². The molecular formula is C16H13FO2. The van der Waals surface area contributed by atoms with Crippen LogP contribution >= 0.6 is 0 Å². The molecule has 2 nitrogen and oxygen atoms in total. The maximum Gasteiger partial charge on any atom is 0.195 e. The summed E-state index contributed by atoms with van der Waals surface area (Å²) in [5.41, 5.74) is 1.68. The summed E-state index contributed by atoms with van der Waals surface area (Å²) in [6.45, 7) is 3.63. The minimum Gasteiger partial charge on any atom is -0.380 e. The highest BCUT2D eigenvalue weighted by molar-refractivity contribution is 6.00. The Bertz CT molecular complexity index is 585. The summed E-state index contributed by atoms with van der Waals surface area (Å²) in [5.74, 6) is -0.819. The zero-order chi connectivity index (χ0) is 13.8. The molecule has 1 atom stereocenters. The molecule has 2 aromatic carbocycles. The summed E-state index contributed by atoms with van der Waals surface area (Å²) >= 11 is 0. The molecule has 0 saturated carbocycles. The molecule has 0 bridgehead atoms. The van der Waals surface area contributed by atoms with Crippen molar-refractivity contribution in [2.45, 2.75) is 6.10 Å². The number of aliphatic hydroxyl groups excluding tert-OH is 1. The second kappa shape index (κ2) is 5.59. The van der Waals surface area contributed by atoms with Crippen molar-refractivity contribution < 1.29 is 14.3 Å². The fourth-order valence-corrected chi connectivity index (χ4v) is 1.74. The molecule has 0 radical (unpaired) electrons.